The van der Waals surface area contributed by atoms with Crippen LogP contribution in [0.15, 0.2) is 174 Å². The summed E-state index contributed by atoms with van der Waals surface area (Å²) in [5.41, 5.74) is 11.8. The summed E-state index contributed by atoms with van der Waals surface area (Å²) < 4.78 is 6.48. The van der Waals surface area contributed by atoms with Gasteiger partial charge >= 0.3 is 0 Å². The zero-order chi connectivity index (χ0) is 37.2. The maximum atomic E-state index is 6.48. The Hall–Kier alpha value is -7.17. The molecule has 1 unspecified atom stereocenters. The zero-order valence-electron chi connectivity index (χ0n) is 30.8. The second-order valence-corrected chi connectivity index (χ2v) is 14.9. The van der Waals surface area contributed by atoms with Gasteiger partial charge < -0.3 is 4.42 Å². The minimum atomic E-state index is 0.549. The van der Waals surface area contributed by atoms with Gasteiger partial charge in [-0.05, 0) is 97.6 Å². The summed E-state index contributed by atoms with van der Waals surface area (Å²) in [5.74, 6) is 2.39. The summed E-state index contributed by atoms with van der Waals surface area (Å²) in [7, 11) is 0. The number of allylic oxidation sites excluding steroid dienone is 1. The lowest BCUT2D eigenvalue weighted by Crippen LogP contribution is -2.04. The fourth-order valence-electron chi connectivity index (χ4n) is 8.36. The fraction of sp³-hybridized carbons (Fsp3) is 0.0577. The highest BCUT2D eigenvalue weighted by molar-refractivity contribution is 6.13. The topological polar surface area (TPSA) is 51.8 Å². The number of fused-ring (bicyclic) bond motifs is 6. The van der Waals surface area contributed by atoms with Crippen molar-refractivity contribution in [1.29, 1.82) is 0 Å². The molecule has 1 aliphatic rings. The monoisotopic (exact) mass is 717 g/mol. The van der Waals surface area contributed by atoms with E-state index in [2.05, 4.69) is 171 Å². The summed E-state index contributed by atoms with van der Waals surface area (Å²) >= 11 is 0. The second-order valence-electron chi connectivity index (χ2n) is 14.9. The summed E-state index contributed by atoms with van der Waals surface area (Å²) in [6.07, 6.45) is 5.66. The van der Waals surface area contributed by atoms with E-state index in [4.69, 9.17) is 19.4 Å². The van der Waals surface area contributed by atoms with Crippen molar-refractivity contribution in [2.24, 2.45) is 5.92 Å². The molecular weight excluding hydrogens is 683 g/mol. The normalized spacial score (nSPS) is 13.8. The molecule has 4 nitrogen and oxygen atoms in total. The lowest BCUT2D eigenvalue weighted by molar-refractivity contribution is 0.669. The Balaban J connectivity index is 1.07. The molecule has 4 heteroatoms. The summed E-state index contributed by atoms with van der Waals surface area (Å²) in [4.78, 5) is 15.6. The summed E-state index contributed by atoms with van der Waals surface area (Å²) in [6.45, 7) is 2.27. The number of aromatic nitrogens is 3. The molecule has 0 radical (unpaired) electrons. The van der Waals surface area contributed by atoms with Crippen LogP contribution < -0.4 is 0 Å². The molecule has 11 rings (SSSR count). The van der Waals surface area contributed by atoms with Gasteiger partial charge in [0.05, 0.1) is 0 Å². The van der Waals surface area contributed by atoms with Crippen molar-refractivity contribution in [1.82, 2.24) is 15.0 Å². The molecular formula is C52H35N3O. The van der Waals surface area contributed by atoms with Gasteiger partial charge in [-0.15, -0.1) is 0 Å². The Labute approximate surface area is 324 Å². The minimum absolute atomic E-state index is 0.549. The molecule has 10 aromatic rings. The fourth-order valence-corrected chi connectivity index (χ4v) is 8.36. The predicted molar refractivity (Wildman–Crippen MR) is 231 cm³/mol. The van der Waals surface area contributed by atoms with Crippen LogP contribution in [0.3, 0.4) is 0 Å². The molecule has 1 atom stereocenters. The van der Waals surface area contributed by atoms with Crippen LogP contribution in [0, 0.1) is 5.92 Å². The van der Waals surface area contributed by atoms with E-state index in [1.54, 1.807) is 0 Å². The Morgan fingerprint density at radius 3 is 1.84 bits per heavy atom. The molecule has 0 N–H and O–H groups in total. The SMILES string of the molecule is CC1C=Cc2c(cccc2-c2ccc(-c3nc(-c4ccc5ccccc5c4)nc(-c4cccc5oc6ccc(-c7ccc8ccccc8c7)cc6c45)n3)cc2)C1. The first-order valence-electron chi connectivity index (χ1n) is 19.2. The Morgan fingerprint density at radius 2 is 1.05 bits per heavy atom. The first kappa shape index (κ1) is 32.3. The zero-order valence-corrected chi connectivity index (χ0v) is 30.8. The van der Waals surface area contributed by atoms with Crippen molar-refractivity contribution < 1.29 is 4.42 Å². The third kappa shape index (κ3) is 5.57. The molecule has 0 amide bonds. The van der Waals surface area contributed by atoms with Crippen LogP contribution in [-0.2, 0) is 6.42 Å². The maximum absolute atomic E-state index is 6.48. The molecule has 0 spiro atoms. The van der Waals surface area contributed by atoms with E-state index in [1.807, 2.05) is 12.1 Å². The lowest BCUT2D eigenvalue weighted by atomic mass is 9.86. The number of rotatable bonds is 5. The standard InChI is InChI=1S/C52H35N3O/c1-32-16-26-44-41(28-32)12-6-13-43(44)35-19-21-36(22-20-35)50-53-51(42-24-18-34-9-3-5-11-38(34)30-42)55-52(54-50)45-14-7-15-48-49(45)46-31-40(25-27-47(46)56-48)39-23-17-33-8-2-4-10-37(33)29-39/h2-27,29-32H,28H2,1H3. The molecule has 0 fully saturated rings. The quantitative estimate of drug-likeness (QED) is 0.178. The average molecular weight is 718 g/mol. The van der Waals surface area contributed by atoms with Crippen molar-refractivity contribution in [3.63, 3.8) is 0 Å². The van der Waals surface area contributed by atoms with Crippen molar-refractivity contribution in [2.45, 2.75) is 13.3 Å². The number of hydrogen-bond acceptors (Lipinski definition) is 4. The van der Waals surface area contributed by atoms with E-state index in [0.29, 0.717) is 23.4 Å². The maximum Gasteiger partial charge on any atom is 0.164 e. The van der Waals surface area contributed by atoms with Gasteiger partial charge in [-0.2, -0.15) is 0 Å². The van der Waals surface area contributed by atoms with E-state index < -0.39 is 0 Å². The molecule has 2 heterocycles. The van der Waals surface area contributed by atoms with Gasteiger partial charge in [0, 0.05) is 27.5 Å². The lowest BCUT2D eigenvalue weighted by Gasteiger charge is -2.19. The van der Waals surface area contributed by atoms with Crippen LogP contribution in [-0.4, -0.2) is 15.0 Å². The number of nitrogens with zero attached hydrogens (tertiary/aromatic N) is 3. The Bertz CT molecular complexity index is 3190. The molecule has 0 aliphatic heterocycles. The van der Waals surface area contributed by atoms with Gasteiger partial charge in [0.2, 0.25) is 0 Å². The highest BCUT2D eigenvalue weighted by atomic mass is 16.3. The smallest absolute Gasteiger partial charge is 0.164 e. The number of benzene rings is 8. The van der Waals surface area contributed by atoms with Gasteiger partial charge in [-0.3, -0.25) is 0 Å². The molecule has 1 aliphatic carbocycles. The van der Waals surface area contributed by atoms with Crippen molar-refractivity contribution >= 4 is 49.6 Å². The van der Waals surface area contributed by atoms with Crippen LogP contribution >= 0.6 is 0 Å². The van der Waals surface area contributed by atoms with E-state index >= 15 is 0 Å². The number of hydrogen-bond donors (Lipinski definition) is 0. The number of furan rings is 1. The van der Waals surface area contributed by atoms with Crippen LogP contribution in [0.25, 0.3) is 106 Å². The Morgan fingerprint density at radius 1 is 0.464 bits per heavy atom. The van der Waals surface area contributed by atoms with E-state index in [9.17, 15) is 0 Å². The van der Waals surface area contributed by atoms with Crippen molar-refractivity contribution in [3.8, 4) is 56.4 Å². The van der Waals surface area contributed by atoms with Crippen LogP contribution in [0.2, 0.25) is 0 Å². The molecule has 264 valence electrons. The van der Waals surface area contributed by atoms with Gasteiger partial charge in [0.15, 0.2) is 17.5 Å². The first-order valence-corrected chi connectivity index (χ1v) is 19.2. The van der Waals surface area contributed by atoms with Gasteiger partial charge in [0.25, 0.3) is 0 Å². The van der Waals surface area contributed by atoms with E-state index in [-0.39, 0.29) is 0 Å². The second kappa shape index (κ2) is 13.0. The van der Waals surface area contributed by atoms with E-state index in [0.717, 1.165) is 61.6 Å². The summed E-state index contributed by atoms with van der Waals surface area (Å²) in [6, 6.07) is 57.8. The molecule has 0 saturated heterocycles. The minimum Gasteiger partial charge on any atom is -0.456 e. The van der Waals surface area contributed by atoms with Gasteiger partial charge in [-0.25, -0.2) is 15.0 Å². The van der Waals surface area contributed by atoms with Crippen molar-refractivity contribution in [3.05, 3.63) is 181 Å². The highest BCUT2D eigenvalue weighted by Crippen LogP contribution is 2.39. The van der Waals surface area contributed by atoms with Gasteiger partial charge in [-0.1, -0.05) is 153 Å². The third-order valence-corrected chi connectivity index (χ3v) is 11.2. The van der Waals surface area contributed by atoms with Crippen LogP contribution in [0.4, 0.5) is 0 Å². The van der Waals surface area contributed by atoms with Crippen molar-refractivity contribution in [2.75, 3.05) is 0 Å². The third-order valence-electron chi connectivity index (χ3n) is 11.2. The summed E-state index contributed by atoms with van der Waals surface area (Å²) in [5, 5.41) is 6.75. The van der Waals surface area contributed by atoms with Gasteiger partial charge in [0.1, 0.15) is 11.2 Å². The average Bonchev–Trinajstić information content (AvgIpc) is 3.64. The van der Waals surface area contributed by atoms with Crippen LogP contribution in [0.5, 0.6) is 0 Å². The van der Waals surface area contributed by atoms with E-state index in [1.165, 1.54) is 38.4 Å². The molecule has 0 bridgehead atoms. The molecule has 2 aromatic heterocycles. The largest absolute Gasteiger partial charge is 0.456 e. The predicted octanol–water partition coefficient (Wildman–Crippen LogP) is 13.6. The molecule has 56 heavy (non-hydrogen) atoms. The highest BCUT2D eigenvalue weighted by Gasteiger charge is 2.20. The Kier molecular flexibility index (Phi) is 7.49. The van der Waals surface area contributed by atoms with Crippen LogP contribution in [0.1, 0.15) is 18.1 Å². The molecule has 8 aromatic carbocycles. The first-order chi connectivity index (χ1) is 27.6. The molecule has 0 saturated carbocycles.